The Kier molecular flexibility index (Phi) is 11.3. The first-order valence-corrected chi connectivity index (χ1v) is 25.0. The Morgan fingerprint density at radius 3 is 1.40 bits per heavy atom. The van der Waals surface area contributed by atoms with Crippen LogP contribution in [0.3, 0.4) is 0 Å². The number of hydrogen-bond donors (Lipinski definition) is 0. The highest BCUT2D eigenvalue weighted by Gasteiger charge is 2.48. The number of rotatable bonds is 16. The Labute approximate surface area is 357 Å². The van der Waals surface area contributed by atoms with Crippen LogP contribution in [-0.4, -0.2) is 17.5 Å². The average Bonchev–Trinajstić information content (AvgIpc) is 4.07. The Morgan fingerprint density at radius 1 is 0.579 bits per heavy atom. The molecule has 1 aliphatic rings. The lowest BCUT2D eigenvalue weighted by molar-refractivity contribution is 0.266. The first-order chi connectivity index (χ1) is 27.9. The molecule has 57 heavy (non-hydrogen) atoms. The van der Waals surface area contributed by atoms with Crippen molar-refractivity contribution in [3.8, 4) is 51.5 Å². The van der Waals surface area contributed by atoms with Gasteiger partial charge in [-0.25, -0.2) is 8.78 Å². The molecule has 9 rings (SSSR count). The van der Waals surface area contributed by atoms with E-state index in [1.54, 1.807) is 34.8 Å². The van der Waals surface area contributed by atoms with Gasteiger partial charge in [-0.2, -0.15) is 17.5 Å². The van der Waals surface area contributed by atoms with Crippen LogP contribution in [0.1, 0.15) is 103 Å². The maximum atomic E-state index is 16.3. The monoisotopic (exact) mass is 870 g/mol. The van der Waals surface area contributed by atoms with Crippen molar-refractivity contribution in [2.75, 3.05) is 0 Å². The second-order valence-electron chi connectivity index (χ2n) is 15.5. The number of benzene rings is 2. The van der Waals surface area contributed by atoms with Gasteiger partial charge in [-0.1, -0.05) is 91.2 Å². The first-order valence-electron chi connectivity index (χ1n) is 20.2. The third-order valence-electron chi connectivity index (χ3n) is 12.1. The van der Waals surface area contributed by atoms with E-state index in [1.807, 2.05) is 35.0 Å². The van der Waals surface area contributed by atoms with Gasteiger partial charge in [0.25, 0.3) is 0 Å². The number of nitrogens with zero attached hydrogens (tertiary/aromatic N) is 4. The zero-order valence-electron chi connectivity index (χ0n) is 32.5. The molecule has 2 atom stereocenters. The summed E-state index contributed by atoms with van der Waals surface area (Å²) >= 11 is 8.85. The Bertz CT molecular complexity index is 2470. The van der Waals surface area contributed by atoms with Gasteiger partial charge in [0, 0.05) is 45.8 Å². The van der Waals surface area contributed by atoms with Gasteiger partial charge >= 0.3 is 0 Å². The molecule has 4 nitrogen and oxygen atoms in total. The number of hydrogen-bond acceptors (Lipinski definition) is 10. The Balaban J connectivity index is 1.26. The number of fused-ring (bicyclic) bond motifs is 5. The predicted octanol–water partition coefficient (Wildman–Crippen LogP) is 16.4. The molecule has 6 heterocycles. The molecular formula is C45H44F2N4S6. The summed E-state index contributed by atoms with van der Waals surface area (Å²) in [6.45, 7) is 9.28. The highest BCUT2D eigenvalue weighted by Crippen LogP contribution is 2.63. The fourth-order valence-electron chi connectivity index (χ4n) is 9.14. The molecule has 0 N–H and O–H groups in total. The third-order valence-corrected chi connectivity index (χ3v) is 17.4. The molecular weight excluding hydrogens is 827 g/mol. The molecule has 0 amide bonds. The van der Waals surface area contributed by atoms with Crippen molar-refractivity contribution < 1.29 is 8.78 Å². The second kappa shape index (κ2) is 16.4. The predicted molar refractivity (Wildman–Crippen MR) is 244 cm³/mol. The zero-order chi connectivity index (χ0) is 39.3. The summed E-state index contributed by atoms with van der Waals surface area (Å²) in [4.78, 5) is 6.29. The van der Waals surface area contributed by atoms with Gasteiger partial charge < -0.3 is 0 Å². The minimum absolute atomic E-state index is 0.235. The van der Waals surface area contributed by atoms with Crippen molar-refractivity contribution in [2.24, 2.45) is 11.8 Å². The summed E-state index contributed by atoms with van der Waals surface area (Å²) in [5.74, 6) is 0.564. The minimum atomic E-state index is -0.267. The van der Waals surface area contributed by atoms with Gasteiger partial charge in [-0.05, 0) is 83.0 Å². The van der Waals surface area contributed by atoms with Crippen LogP contribution in [0.5, 0.6) is 0 Å². The topological polar surface area (TPSA) is 51.6 Å². The van der Waals surface area contributed by atoms with Crippen molar-refractivity contribution in [2.45, 2.75) is 97.3 Å². The van der Waals surface area contributed by atoms with E-state index in [2.05, 4.69) is 48.6 Å². The number of thiophene rings is 4. The molecule has 0 bridgehead atoms. The minimum Gasteiger partial charge on any atom is -0.206 e. The number of halogens is 2. The fraction of sp³-hybridized carbons (Fsp3) is 0.378. The van der Waals surface area contributed by atoms with E-state index in [1.165, 1.54) is 82.1 Å². The lowest BCUT2D eigenvalue weighted by Crippen LogP contribution is -2.31. The maximum Gasteiger partial charge on any atom is 0.134 e. The Morgan fingerprint density at radius 2 is 1.02 bits per heavy atom. The second-order valence-corrected chi connectivity index (χ2v) is 20.5. The van der Waals surface area contributed by atoms with E-state index in [0.29, 0.717) is 34.0 Å². The summed E-state index contributed by atoms with van der Waals surface area (Å²) < 4.78 is 51.6. The summed E-state index contributed by atoms with van der Waals surface area (Å²) in [5, 5.41) is 3.95. The lowest BCUT2D eigenvalue weighted by Gasteiger charge is -2.37. The summed E-state index contributed by atoms with van der Waals surface area (Å²) in [7, 11) is 0. The molecule has 0 aliphatic heterocycles. The quantitative estimate of drug-likeness (QED) is 0.0971. The molecule has 294 valence electrons. The largest absolute Gasteiger partial charge is 0.206 e. The number of unbranched alkanes of at least 4 members (excludes halogenated alkanes) is 2. The van der Waals surface area contributed by atoms with Crippen molar-refractivity contribution in [1.82, 2.24) is 17.5 Å². The van der Waals surface area contributed by atoms with Crippen LogP contribution in [0.4, 0.5) is 8.78 Å². The van der Waals surface area contributed by atoms with Crippen LogP contribution in [0, 0.1) is 23.5 Å². The van der Waals surface area contributed by atoms with E-state index in [9.17, 15) is 0 Å². The standard InChI is InChI=1S/C45H44F2N4S6/c1-5-9-13-25(7-3)23-45(24-26(8-4)14-10-6-2)29-21-35(27-19-31(46)37(33-15-11-17-52-33)41-39(27)48-56-50-41)54-43(29)44-30(45)22-36(55-44)28-20-32(47)38(34-16-12-18-53-34)42-40(28)49-57-51-42/h11-12,15-22,25-26H,5-10,13-14,23-24H2,1-4H3. The van der Waals surface area contributed by atoms with Gasteiger partial charge in [-0.3, -0.25) is 0 Å². The van der Waals surface area contributed by atoms with E-state index in [0.717, 1.165) is 90.8 Å². The van der Waals surface area contributed by atoms with Gasteiger partial charge in [0.15, 0.2) is 0 Å². The van der Waals surface area contributed by atoms with Crippen LogP contribution in [0.15, 0.2) is 59.3 Å². The molecule has 2 aromatic carbocycles. The van der Waals surface area contributed by atoms with Crippen LogP contribution in [-0.2, 0) is 5.41 Å². The third kappa shape index (κ3) is 6.85. The molecule has 0 radical (unpaired) electrons. The Hall–Kier alpha value is -3.26. The van der Waals surface area contributed by atoms with Gasteiger partial charge in [0.2, 0.25) is 0 Å². The van der Waals surface area contributed by atoms with E-state index in [-0.39, 0.29) is 17.0 Å². The van der Waals surface area contributed by atoms with Crippen molar-refractivity contribution in [3.63, 3.8) is 0 Å². The smallest absolute Gasteiger partial charge is 0.134 e. The molecule has 6 aromatic heterocycles. The van der Waals surface area contributed by atoms with Crippen molar-refractivity contribution >= 4 is 90.9 Å². The molecule has 0 saturated heterocycles. The fourth-order valence-corrected chi connectivity index (χ4v) is 14.5. The van der Waals surface area contributed by atoms with Crippen LogP contribution < -0.4 is 0 Å². The molecule has 8 aromatic rings. The van der Waals surface area contributed by atoms with Crippen molar-refractivity contribution in [1.29, 1.82) is 0 Å². The number of aromatic nitrogens is 4. The van der Waals surface area contributed by atoms with Crippen LogP contribution in [0.25, 0.3) is 73.6 Å². The van der Waals surface area contributed by atoms with Gasteiger partial charge in [0.1, 0.15) is 33.7 Å². The van der Waals surface area contributed by atoms with Crippen LogP contribution >= 0.6 is 68.8 Å². The van der Waals surface area contributed by atoms with Gasteiger partial charge in [0.05, 0.1) is 34.6 Å². The van der Waals surface area contributed by atoms with E-state index >= 15 is 8.78 Å². The van der Waals surface area contributed by atoms with Crippen molar-refractivity contribution in [3.05, 3.63) is 82.1 Å². The summed E-state index contributed by atoms with van der Waals surface area (Å²) in [6.07, 6.45) is 11.5. The SMILES string of the molecule is CCCCC(CC)CC1(CC(CC)CCCC)c2cc(-c3cc(F)c(-c4cccs4)c4nsnc34)sc2-c2sc(-c3cc(F)c(-c4cccs4)c4nsnc34)cc21. The molecule has 0 saturated carbocycles. The maximum absolute atomic E-state index is 16.3. The average molecular weight is 871 g/mol. The zero-order valence-corrected chi connectivity index (χ0v) is 37.4. The van der Waals surface area contributed by atoms with Gasteiger partial charge in [-0.15, -0.1) is 45.3 Å². The van der Waals surface area contributed by atoms with E-state index in [4.69, 9.17) is 8.75 Å². The summed E-state index contributed by atoms with van der Waals surface area (Å²) in [6, 6.07) is 16.0. The highest BCUT2D eigenvalue weighted by atomic mass is 32.1. The molecule has 2 unspecified atom stereocenters. The first kappa shape index (κ1) is 39.2. The molecule has 1 aliphatic carbocycles. The van der Waals surface area contributed by atoms with E-state index < -0.39 is 0 Å². The molecule has 0 fully saturated rings. The molecule has 0 spiro atoms. The highest BCUT2D eigenvalue weighted by molar-refractivity contribution is 7.26. The summed E-state index contributed by atoms with van der Waals surface area (Å²) in [5.41, 5.74) is 7.95. The van der Waals surface area contributed by atoms with Crippen LogP contribution in [0.2, 0.25) is 0 Å². The molecule has 12 heteroatoms. The lowest BCUT2D eigenvalue weighted by atomic mass is 9.65. The normalized spacial score (nSPS) is 14.5.